The van der Waals surface area contributed by atoms with Crippen molar-refractivity contribution >= 4 is 17.8 Å². The molecule has 1 amide bonds. The first kappa shape index (κ1) is 15.1. The van der Waals surface area contributed by atoms with Crippen molar-refractivity contribution in [2.24, 2.45) is 5.10 Å². The van der Waals surface area contributed by atoms with Crippen LogP contribution in [0.2, 0.25) is 0 Å². The van der Waals surface area contributed by atoms with Gasteiger partial charge in [-0.25, -0.2) is 5.43 Å². The van der Waals surface area contributed by atoms with Gasteiger partial charge in [-0.1, -0.05) is 12.1 Å². The molecular weight excluding hydrogens is 278 g/mol. The monoisotopic (exact) mass is 293 g/mol. The van der Waals surface area contributed by atoms with E-state index in [1.807, 2.05) is 0 Å². The highest BCUT2D eigenvalue weighted by atomic mass is 16.7. The summed E-state index contributed by atoms with van der Waals surface area (Å²) in [4.78, 5) is 21.8. The maximum atomic E-state index is 11.7. The van der Waals surface area contributed by atoms with Crippen LogP contribution in [0.1, 0.15) is 18.9 Å². The number of carbonyl (C=O) groups excluding carboxylic acids is 1. The lowest BCUT2D eigenvalue weighted by molar-refractivity contribution is -0.384. The van der Waals surface area contributed by atoms with Crippen LogP contribution >= 0.6 is 0 Å². The molecule has 0 atom stereocenters. The number of nitrogens with one attached hydrogen (secondary N) is 1. The van der Waals surface area contributed by atoms with Crippen LogP contribution in [0.5, 0.6) is 0 Å². The predicted octanol–water partition coefficient (Wildman–Crippen LogP) is 1.20. The highest BCUT2D eigenvalue weighted by Gasteiger charge is 2.33. The summed E-state index contributed by atoms with van der Waals surface area (Å²) in [6.07, 6.45) is 1.36. The summed E-state index contributed by atoms with van der Waals surface area (Å²) in [5.74, 6) is -1.27. The van der Waals surface area contributed by atoms with Crippen LogP contribution in [0.15, 0.2) is 29.4 Å². The minimum Gasteiger partial charge on any atom is -0.347 e. The van der Waals surface area contributed by atoms with E-state index >= 15 is 0 Å². The van der Waals surface area contributed by atoms with Crippen molar-refractivity contribution in [3.8, 4) is 0 Å². The molecule has 2 rings (SSSR count). The maximum Gasteiger partial charge on any atom is 0.270 e. The van der Waals surface area contributed by atoms with E-state index in [1.54, 1.807) is 19.1 Å². The summed E-state index contributed by atoms with van der Waals surface area (Å²) in [5, 5.41) is 14.4. The van der Waals surface area contributed by atoms with E-state index in [0.717, 1.165) is 0 Å². The first-order chi connectivity index (χ1) is 9.98. The van der Waals surface area contributed by atoms with E-state index in [0.29, 0.717) is 18.8 Å². The Kier molecular flexibility index (Phi) is 4.61. The van der Waals surface area contributed by atoms with Crippen molar-refractivity contribution in [1.29, 1.82) is 0 Å². The van der Waals surface area contributed by atoms with Crippen LogP contribution in [0.3, 0.4) is 0 Å². The number of benzene rings is 1. The average Bonchev–Trinajstić information content (AvgIpc) is 2.85. The molecule has 0 saturated carbocycles. The lowest BCUT2D eigenvalue weighted by atomic mass is 10.2. The molecule has 8 nitrogen and oxygen atoms in total. The van der Waals surface area contributed by atoms with E-state index in [4.69, 9.17) is 9.47 Å². The van der Waals surface area contributed by atoms with Crippen molar-refractivity contribution in [3.05, 3.63) is 39.9 Å². The molecule has 1 fully saturated rings. The number of nitrogens with zero attached hydrogens (tertiary/aromatic N) is 2. The zero-order chi connectivity index (χ0) is 15.3. The van der Waals surface area contributed by atoms with Gasteiger partial charge < -0.3 is 9.47 Å². The number of ether oxygens (including phenoxy) is 2. The highest BCUT2D eigenvalue weighted by Crippen LogP contribution is 2.22. The third kappa shape index (κ3) is 4.33. The van der Waals surface area contributed by atoms with Gasteiger partial charge in [0.05, 0.1) is 30.8 Å². The average molecular weight is 293 g/mol. The molecule has 21 heavy (non-hydrogen) atoms. The number of carbonyl (C=O) groups is 1. The Morgan fingerprint density at radius 3 is 2.90 bits per heavy atom. The number of hydrogen-bond acceptors (Lipinski definition) is 6. The van der Waals surface area contributed by atoms with Gasteiger partial charge in [0.2, 0.25) is 5.91 Å². The third-order valence-corrected chi connectivity index (χ3v) is 2.86. The van der Waals surface area contributed by atoms with E-state index in [1.165, 1.54) is 18.3 Å². The smallest absolute Gasteiger partial charge is 0.270 e. The standard InChI is InChI=1S/C13H15N3O5/c1-13(20-5-6-21-13)8-12(17)15-14-9-10-3-2-4-11(7-10)16(18)19/h2-4,7,9H,5-6,8H2,1H3,(H,15,17)/b14-9-. The van der Waals surface area contributed by atoms with Crippen LogP contribution < -0.4 is 5.43 Å². The van der Waals surface area contributed by atoms with Gasteiger partial charge in [0.1, 0.15) is 0 Å². The molecule has 112 valence electrons. The van der Waals surface area contributed by atoms with Gasteiger partial charge in [0, 0.05) is 17.7 Å². The zero-order valence-corrected chi connectivity index (χ0v) is 11.4. The molecule has 1 saturated heterocycles. The predicted molar refractivity (Wildman–Crippen MR) is 73.8 cm³/mol. The summed E-state index contributed by atoms with van der Waals surface area (Å²) in [6, 6.07) is 5.93. The molecule has 0 radical (unpaired) electrons. The lowest BCUT2D eigenvalue weighted by Crippen LogP contribution is -2.33. The number of nitro benzene ring substituents is 1. The Hall–Kier alpha value is -2.32. The van der Waals surface area contributed by atoms with Crippen LogP contribution in [-0.4, -0.2) is 36.0 Å². The second-order valence-electron chi connectivity index (χ2n) is 4.65. The molecule has 1 heterocycles. The molecule has 0 bridgehead atoms. The summed E-state index contributed by atoms with van der Waals surface area (Å²) in [6.45, 7) is 2.60. The van der Waals surface area contributed by atoms with Gasteiger partial charge in [-0.3, -0.25) is 14.9 Å². The molecule has 0 unspecified atom stereocenters. The SMILES string of the molecule is CC1(CC(=O)N/N=C\c2cccc([N+](=O)[O-])c2)OCCO1. The first-order valence-electron chi connectivity index (χ1n) is 6.33. The van der Waals surface area contributed by atoms with Crippen LogP contribution in [0.25, 0.3) is 0 Å². The van der Waals surface area contributed by atoms with Crippen molar-refractivity contribution < 1.29 is 19.2 Å². The zero-order valence-electron chi connectivity index (χ0n) is 11.4. The van der Waals surface area contributed by atoms with Gasteiger partial charge in [-0.05, 0) is 6.92 Å². The van der Waals surface area contributed by atoms with E-state index in [9.17, 15) is 14.9 Å². The van der Waals surface area contributed by atoms with Crippen LogP contribution in [0, 0.1) is 10.1 Å². The minimum absolute atomic E-state index is 0.0271. The van der Waals surface area contributed by atoms with Gasteiger partial charge in [0.15, 0.2) is 5.79 Å². The fourth-order valence-electron chi connectivity index (χ4n) is 1.89. The number of amides is 1. The second-order valence-corrected chi connectivity index (χ2v) is 4.65. The number of non-ortho nitro benzene ring substituents is 1. The van der Waals surface area contributed by atoms with Gasteiger partial charge in [-0.15, -0.1) is 0 Å². The second kappa shape index (κ2) is 6.42. The fourth-order valence-corrected chi connectivity index (χ4v) is 1.89. The Morgan fingerprint density at radius 2 is 2.24 bits per heavy atom. The Bertz CT molecular complexity index is 567. The van der Waals surface area contributed by atoms with E-state index in [-0.39, 0.29) is 18.0 Å². The van der Waals surface area contributed by atoms with Gasteiger partial charge >= 0.3 is 0 Å². The topological polar surface area (TPSA) is 103 Å². The van der Waals surface area contributed by atoms with Crippen molar-refractivity contribution in [2.75, 3.05) is 13.2 Å². The minimum atomic E-state index is -0.912. The molecule has 1 aromatic rings. The molecule has 1 N–H and O–H groups in total. The quantitative estimate of drug-likeness (QED) is 0.499. The van der Waals surface area contributed by atoms with Crippen molar-refractivity contribution in [3.63, 3.8) is 0 Å². The number of nitro groups is 1. The normalized spacial score (nSPS) is 17.0. The molecule has 1 aliphatic rings. The largest absolute Gasteiger partial charge is 0.347 e. The molecule has 0 aromatic heterocycles. The Labute approximate surface area is 120 Å². The first-order valence-corrected chi connectivity index (χ1v) is 6.33. The summed E-state index contributed by atoms with van der Waals surface area (Å²) >= 11 is 0. The van der Waals surface area contributed by atoms with Crippen molar-refractivity contribution in [2.45, 2.75) is 19.1 Å². The summed E-state index contributed by atoms with van der Waals surface area (Å²) in [7, 11) is 0. The number of hydrazone groups is 1. The van der Waals surface area contributed by atoms with Crippen molar-refractivity contribution in [1.82, 2.24) is 5.43 Å². The molecular formula is C13H15N3O5. The van der Waals surface area contributed by atoms with Gasteiger partial charge in [-0.2, -0.15) is 5.10 Å². The number of hydrogen-bond donors (Lipinski definition) is 1. The molecule has 0 aliphatic carbocycles. The van der Waals surface area contributed by atoms with Crippen LogP contribution in [-0.2, 0) is 14.3 Å². The van der Waals surface area contributed by atoms with Crippen LogP contribution in [0.4, 0.5) is 5.69 Å². The molecule has 8 heteroatoms. The van der Waals surface area contributed by atoms with Gasteiger partial charge in [0.25, 0.3) is 5.69 Å². The Morgan fingerprint density at radius 1 is 1.52 bits per heavy atom. The highest BCUT2D eigenvalue weighted by molar-refractivity contribution is 5.83. The lowest BCUT2D eigenvalue weighted by Gasteiger charge is -2.20. The fraction of sp³-hybridized carbons (Fsp3) is 0.385. The Balaban J connectivity index is 1.88. The number of rotatable bonds is 5. The molecule has 1 aromatic carbocycles. The van der Waals surface area contributed by atoms with E-state index in [2.05, 4.69) is 10.5 Å². The van der Waals surface area contributed by atoms with E-state index < -0.39 is 10.7 Å². The summed E-state index contributed by atoms with van der Waals surface area (Å²) in [5.41, 5.74) is 2.81. The third-order valence-electron chi connectivity index (χ3n) is 2.86. The molecule has 1 aliphatic heterocycles. The maximum absolute atomic E-state index is 11.7. The summed E-state index contributed by atoms with van der Waals surface area (Å²) < 4.78 is 10.6. The molecule has 0 spiro atoms.